The number of hydrogen-bond acceptors (Lipinski definition) is 5. The van der Waals surface area contributed by atoms with Crippen LogP contribution in [-0.4, -0.2) is 49.0 Å². The molecule has 1 aromatic carbocycles. The lowest BCUT2D eigenvalue weighted by molar-refractivity contribution is -0.135. The molecule has 2 aliphatic rings. The molecule has 2 heterocycles. The minimum Gasteiger partial charge on any atom is -0.493 e. The van der Waals surface area contributed by atoms with Gasteiger partial charge in [-0.2, -0.15) is 0 Å². The van der Waals surface area contributed by atoms with Crippen molar-refractivity contribution in [3.8, 4) is 5.75 Å². The molecule has 126 valence electrons. The predicted molar refractivity (Wildman–Crippen MR) is 81.1 cm³/mol. The lowest BCUT2D eigenvalue weighted by Crippen LogP contribution is -2.48. The van der Waals surface area contributed by atoms with Gasteiger partial charge >= 0.3 is 12.1 Å². The number of imide groups is 2. The highest BCUT2D eigenvalue weighted by atomic mass is 16.5. The van der Waals surface area contributed by atoms with E-state index in [1.54, 1.807) is 24.3 Å². The van der Waals surface area contributed by atoms with E-state index < -0.39 is 36.0 Å². The minimum absolute atomic E-state index is 0.265. The summed E-state index contributed by atoms with van der Waals surface area (Å²) in [5.74, 6) is -0.764. The number of rotatable bonds is 2. The van der Waals surface area contributed by atoms with Gasteiger partial charge in [0.1, 0.15) is 12.3 Å². The molecule has 1 spiro atoms. The number of ether oxygens (including phenoxy) is 1. The number of amides is 6. The van der Waals surface area contributed by atoms with E-state index >= 15 is 0 Å². The Kier molecular flexibility index (Phi) is 3.84. The zero-order valence-electron chi connectivity index (χ0n) is 12.9. The zero-order chi connectivity index (χ0) is 17.3. The standard InChI is InChI=1S/C15H16N4O5/c1-16-13(22)17-11(20)8-19-12(21)15(18-14(19)23)6-7-24-10-5-3-2-4-9(10)15/h2-5H,6-8H2,1H3,(H,18,23)(H2,16,17,20,22)/t15-/m0/s1. The predicted octanol–water partition coefficient (Wildman–Crippen LogP) is -0.328. The fraction of sp³-hybridized carbons (Fsp3) is 0.333. The Bertz CT molecular complexity index is 734. The Morgan fingerprint density at radius 2 is 2.08 bits per heavy atom. The molecule has 1 saturated heterocycles. The van der Waals surface area contributed by atoms with Crippen LogP contribution in [-0.2, 0) is 15.1 Å². The summed E-state index contributed by atoms with van der Waals surface area (Å²) in [6, 6.07) is 5.56. The van der Waals surface area contributed by atoms with Crippen LogP contribution in [0.1, 0.15) is 12.0 Å². The smallest absolute Gasteiger partial charge is 0.325 e. The second kappa shape index (κ2) is 5.84. The Labute approximate surface area is 137 Å². The van der Waals surface area contributed by atoms with Crippen molar-refractivity contribution < 1.29 is 23.9 Å². The van der Waals surface area contributed by atoms with Crippen LogP contribution < -0.4 is 20.7 Å². The monoisotopic (exact) mass is 332 g/mol. The van der Waals surface area contributed by atoms with Crippen LogP contribution in [0.25, 0.3) is 0 Å². The van der Waals surface area contributed by atoms with Crippen LogP contribution in [0.3, 0.4) is 0 Å². The average Bonchev–Trinajstić information content (AvgIpc) is 2.80. The topological polar surface area (TPSA) is 117 Å². The third-order valence-electron chi connectivity index (χ3n) is 4.04. The van der Waals surface area contributed by atoms with Crippen LogP contribution in [0.2, 0.25) is 0 Å². The average molecular weight is 332 g/mol. The van der Waals surface area contributed by atoms with E-state index in [1.165, 1.54) is 7.05 Å². The summed E-state index contributed by atoms with van der Waals surface area (Å²) in [7, 11) is 1.35. The summed E-state index contributed by atoms with van der Waals surface area (Å²) in [5.41, 5.74) is -0.678. The first-order valence-corrected chi connectivity index (χ1v) is 7.36. The van der Waals surface area contributed by atoms with Gasteiger partial charge in [0.25, 0.3) is 5.91 Å². The van der Waals surface area contributed by atoms with Crippen molar-refractivity contribution in [2.24, 2.45) is 0 Å². The number of nitrogens with one attached hydrogen (secondary N) is 3. The SMILES string of the molecule is CNC(=O)NC(=O)CN1C(=O)N[C@]2(CCOc3ccccc32)C1=O. The minimum atomic E-state index is -1.24. The van der Waals surface area contributed by atoms with Crippen molar-refractivity contribution in [3.63, 3.8) is 0 Å². The maximum atomic E-state index is 12.9. The molecule has 1 aromatic rings. The van der Waals surface area contributed by atoms with Crippen molar-refractivity contribution in [2.75, 3.05) is 20.2 Å². The molecule has 2 aliphatic heterocycles. The highest BCUT2D eigenvalue weighted by Gasteiger charge is 2.55. The molecule has 24 heavy (non-hydrogen) atoms. The zero-order valence-corrected chi connectivity index (χ0v) is 12.9. The number of hydrogen-bond donors (Lipinski definition) is 3. The maximum absolute atomic E-state index is 12.9. The fourth-order valence-electron chi connectivity index (χ4n) is 2.89. The fourth-order valence-corrected chi connectivity index (χ4v) is 2.89. The van der Waals surface area contributed by atoms with E-state index in [1.807, 2.05) is 5.32 Å². The normalized spacial score (nSPS) is 21.8. The van der Waals surface area contributed by atoms with Gasteiger partial charge < -0.3 is 15.4 Å². The van der Waals surface area contributed by atoms with Gasteiger partial charge in [-0.15, -0.1) is 0 Å². The van der Waals surface area contributed by atoms with E-state index in [9.17, 15) is 19.2 Å². The third-order valence-corrected chi connectivity index (χ3v) is 4.04. The second-order valence-corrected chi connectivity index (χ2v) is 5.45. The molecule has 0 unspecified atom stereocenters. The third kappa shape index (κ3) is 2.43. The van der Waals surface area contributed by atoms with Crippen molar-refractivity contribution in [2.45, 2.75) is 12.0 Å². The van der Waals surface area contributed by atoms with E-state index in [-0.39, 0.29) is 13.0 Å². The summed E-state index contributed by atoms with van der Waals surface area (Å²) in [5, 5.41) is 6.92. The van der Waals surface area contributed by atoms with Crippen LogP contribution >= 0.6 is 0 Å². The van der Waals surface area contributed by atoms with Gasteiger partial charge in [-0.25, -0.2) is 9.59 Å². The molecular formula is C15H16N4O5. The molecule has 3 N–H and O–H groups in total. The maximum Gasteiger partial charge on any atom is 0.325 e. The summed E-state index contributed by atoms with van der Waals surface area (Å²) < 4.78 is 5.52. The number of para-hydroxylation sites is 1. The molecule has 0 aromatic heterocycles. The lowest BCUT2D eigenvalue weighted by atomic mass is 9.84. The Morgan fingerprint density at radius 1 is 1.33 bits per heavy atom. The van der Waals surface area contributed by atoms with Crippen molar-refractivity contribution >= 4 is 23.9 Å². The molecular weight excluding hydrogens is 316 g/mol. The Hall–Kier alpha value is -3.10. The first kappa shape index (κ1) is 15.8. The summed E-state index contributed by atoms with van der Waals surface area (Å²) in [6.45, 7) is -0.274. The number of benzene rings is 1. The van der Waals surface area contributed by atoms with E-state index in [0.29, 0.717) is 11.3 Å². The van der Waals surface area contributed by atoms with Crippen molar-refractivity contribution in [1.82, 2.24) is 20.9 Å². The van der Waals surface area contributed by atoms with Crippen molar-refractivity contribution in [1.29, 1.82) is 0 Å². The number of urea groups is 2. The molecule has 9 nitrogen and oxygen atoms in total. The van der Waals surface area contributed by atoms with Gasteiger partial charge in [0, 0.05) is 19.0 Å². The quantitative estimate of drug-likeness (QED) is 0.641. The van der Waals surface area contributed by atoms with Gasteiger partial charge in [0.15, 0.2) is 5.54 Å². The van der Waals surface area contributed by atoms with Crippen LogP contribution in [0, 0.1) is 0 Å². The van der Waals surface area contributed by atoms with E-state index in [0.717, 1.165) is 4.90 Å². The molecule has 0 radical (unpaired) electrons. The first-order chi connectivity index (χ1) is 11.5. The van der Waals surface area contributed by atoms with Crippen LogP contribution in [0.4, 0.5) is 9.59 Å². The highest BCUT2D eigenvalue weighted by molar-refractivity contribution is 6.10. The molecule has 9 heteroatoms. The van der Waals surface area contributed by atoms with Crippen LogP contribution in [0.15, 0.2) is 24.3 Å². The molecule has 3 rings (SSSR count). The lowest BCUT2D eigenvalue weighted by Gasteiger charge is -2.33. The Morgan fingerprint density at radius 3 is 2.83 bits per heavy atom. The molecule has 0 bridgehead atoms. The Balaban J connectivity index is 1.85. The van der Waals surface area contributed by atoms with E-state index in [4.69, 9.17) is 4.74 Å². The summed E-state index contributed by atoms with van der Waals surface area (Å²) >= 11 is 0. The first-order valence-electron chi connectivity index (χ1n) is 7.36. The molecule has 1 atom stereocenters. The van der Waals surface area contributed by atoms with E-state index in [2.05, 4.69) is 10.6 Å². The highest BCUT2D eigenvalue weighted by Crippen LogP contribution is 2.40. The largest absolute Gasteiger partial charge is 0.493 e. The van der Waals surface area contributed by atoms with Gasteiger partial charge in [-0.1, -0.05) is 18.2 Å². The molecule has 0 saturated carbocycles. The number of nitrogens with zero attached hydrogens (tertiary/aromatic N) is 1. The van der Waals surface area contributed by atoms with Crippen LogP contribution in [0.5, 0.6) is 5.75 Å². The second-order valence-electron chi connectivity index (χ2n) is 5.45. The van der Waals surface area contributed by atoms with Gasteiger partial charge in [-0.3, -0.25) is 19.8 Å². The van der Waals surface area contributed by atoms with Gasteiger partial charge in [-0.05, 0) is 6.07 Å². The summed E-state index contributed by atoms with van der Waals surface area (Å²) in [6.07, 6.45) is 0.266. The number of carbonyl (C=O) groups excluding carboxylic acids is 4. The molecule has 0 aliphatic carbocycles. The molecule has 1 fully saturated rings. The van der Waals surface area contributed by atoms with Crippen molar-refractivity contribution in [3.05, 3.63) is 29.8 Å². The number of carbonyl (C=O) groups is 4. The van der Waals surface area contributed by atoms with Gasteiger partial charge in [0.2, 0.25) is 5.91 Å². The number of fused-ring (bicyclic) bond motifs is 2. The van der Waals surface area contributed by atoms with Gasteiger partial charge in [0.05, 0.1) is 6.61 Å². The summed E-state index contributed by atoms with van der Waals surface area (Å²) in [4.78, 5) is 48.9. The molecule has 6 amide bonds.